The van der Waals surface area contributed by atoms with E-state index in [9.17, 15) is 14.9 Å². The summed E-state index contributed by atoms with van der Waals surface area (Å²) in [6, 6.07) is 16.9. The van der Waals surface area contributed by atoms with Gasteiger partial charge in [0, 0.05) is 12.1 Å². The molecule has 1 aliphatic heterocycles. The summed E-state index contributed by atoms with van der Waals surface area (Å²) in [6.45, 7) is 8.12. The standard InChI is InChI=1S/C27H26N2O4/c1-4-15-33-24-12-11-21(17-25(24)32-5-2)16-22-19(3)23(18-28)27(31)29(26(22)30)14-13-20-9-7-6-8-10-20/h4,6-12,16-17H,1,5,13-15H2,2-3H3/b22-16+. The zero-order valence-corrected chi connectivity index (χ0v) is 18.8. The van der Waals surface area contributed by atoms with Crippen molar-refractivity contribution in [2.75, 3.05) is 19.8 Å². The minimum atomic E-state index is -0.559. The summed E-state index contributed by atoms with van der Waals surface area (Å²) in [7, 11) is 0. The molecular weight excluding hydrogens is 416 g/mol. The van der Waals surface area contributed by atoms with E-state index in [1.807, 2.05) is 43.3 Å². The van der Waals surface area contributed by atoms with E-state index in [1.165, 1.54) is 0 Å². The fourth-order valence-electron chi connectivity index (χ4n) is 3.54. The number of imide groups is 1. The molecule has 0 bridgehead atoms. The Morgan fingerprint density at radius 2 is 1.82 bits per heavy atom. The van der Waals surface area contributed by atoms with Gasteiger partial charge in [0.2, 0.25) is 0 Å². The van der Waals surface area contributed by atoms with Crippen LogP contribution in [0, 0.1) is 11.3 Å². The Morgan fingerprint density at radius 3 is 2.48 bits per heavy atom. The third-order valence-corrected chi connectivity index (χ3v) is 5.23. The number of rotatable bonds is 9. The molecule has 0 aromatic heterocycles. The van der Waals surface area contributed by atoms with Crippen LogP contribution in [0.15, 0.2) is 77.9 Å². The van der Waals surface area contributed by atoms with E-state index in [-0.39, 0.29) is 12.1 Å². The number of nitrogens with zero attached hydrogens (tertiary/aromatic N) is 2. The van der Waals surface area contributed by atoms with Gasteiger partial charge in [-0.3, -0.25) is 14.5 Å². The lowest BCUT2D eigenvalue weighted by atomic mass is 9.93. The second kappa shape index (κ2) is 11.0. The summed E-state index contributed by atoms with van der Waals surface area (Å²) >= 11 is 0. The largest absolute Gasteiger partial charge is 0.490 e. The molecule has 0 radical (unpaired) electrons. The monoisotopic (exact) mass is 442 g/mol. The average Bonchev–Trinajstić information content (AvgIpc) is 2.82. The molecule has 33 heavy (non-hydrogen) atoms. The molecule has 2 aromatic carbocycles. The van der Waals surface area contributed by atoms with E-state index in [2.05, 4.69) is 6.58 Å². The third kappa shape index (κ3) is 5.39. The van der Waals surface area contributed by atoms with Crippen molar-refractivity contribution in [3.05, 3.63) is 89.0 Å². The van der Waals surface area contributed by atoms with Gasteiger partial charge in [-0.1, -0.05) is 49.1 Å². The molecule has 6 heteroatoms. The van der Waals surface area contributed by atoms with Gasteiger partial charge < -0.3 is 9.47 Å². The molecule has 6 nitrogen and oxygen atoms in total. The predicted octanol–water partition coefficient (Wildman–Crippen LogP) is 4.49. The van der Waals surface area contributed by atoms with Crippen molar-refractivity contribution < 1.29 is 19.1 Å². The van der Waals surface area contributed by atoms with Crippen molar-refractivity contribution >= 4 is 17.9 Å². The van der Waals surface area contributed by atoms with Gasteiger partial charge in [-0.25, -0.2) is 0 Å². The average molecular weight is 443 g/mol. The minimum Gasteiger partial charge on any atom is -0.490 e. The van der Waals surface area contributed by atoms with Gasteiger partial charge in [-0.05, 0) is 55.2 Å². The Labute approximate surface area is 194 Å². The number of benzene rings is 2. The highest BCUT2D eigenvalue weighted by Gasteiger charge is 2.35. The number of hydrogen-bond donors (Lipinski definition) is 0. The van der Waals surface area contributed by atoms with Crippen molar-refractivity contribution in [1.82, 2.24) is 4.90 Å². The molecule has 3 rings (SSSR count). The highest BCUT2D eigenvalue weighted by atomic mass is 16.5. The Morgan fingerprint density at radius 1 is 1.06 bits per heavy atom. The van der Waals surface area contributed by atoms with Gasteiger partial charge in [0.15, 0.2) is 11.5 Å². The Balaban J connectivity index is 1.96. The van der Waals surface area contributed by atoms with Crippen LogP contribution in [0.25, 0.3) is 6.08 Å². The summed E-state index contributed by atoms with van der Waals surface area (Å²) in [5.41, 5.74) is 2.35. The van der Waals surface area contributed by atoms with Crippen molar-refractivity contribution in [2.45, 2.75) is 20.3 Å². The fourth-order valence-corrected chi connectivity index (χ4v) is 3.54. The summed E-state index contributed by atoms with van der Waals surface area (Å²) in [4.78, 5) is 27.3. The molecule has 0 saturated carbocycles. The smallest absolute Gasteiger partial charge is 0.271 e. The summed E-state index contributed by atoms with van der Waals surface area (Å²) in [6.07, 6.45) is 3.83. The number of carbonyl (C=O) groups excluding carboxylic acids is 2. The second-order valence-electron chi connectivity index (χ2n) is 7.41. The molecule has 0 saturated heterocycles. The first kappa shape index (κ1) is 23.6. The Bertz CT molecular complexity index is 1160. The molecule has 1 heterocycles. The molecule has 0 atom stereocenters. The maximum Gasteiger partial charge on any atom is 0.271 e. The van der Waals surface area contributed by atoms with Crippen molar-refractivity contribution in [1.29, 1.82) is 5.26 Å². The molecule has 0 fully saturated rings. The van der Waals surface area contributed by atoms with Crippen LogP contribution in [-0.4, -0.2) is 36.5 Å². The molecule has 2 amide bonds. The zero-order valence-electron chi connectivity index (χ0n) is 18.8. The van der Waals surface area contributed by atoms with Crippen LogP contribution in [0.3, 0.4) is 0 Å². The van der Waals surface area contributed by atoms with E-state index in [0.29, 0.717) is 47.8 Å². The first-order valence-corrected chi connectivity index (χ1v) is 10.7. The number of ether oxygens (including phenoxy) is 2. The van der Waals surface area contributed by atoms with Crippen LogP contribution in [0.1, 0.15) is 25.0 Å². The van der Waals surface area contributed by atoms with Crippen molar-refractivity contribution in [3.63, 3.8) is 0 Å². The quantitative estimate of drug-likeness (QED) is 0.325. The number of nitriles is 1. The highest BCUT2D eigenvalue weighted by Crippen LogP contribution is 2.32. The zero-order chi connectivity index (χ0) is 23.8. The first-order chi connectivity index (χ1) is 16.0. The lowest BCUT2D eigenvalue weighted by Crippen LogP contribution is -2.43. The molecule has 0 N–H and O–H groups in total. The minimum absolute atomic E-state index is 0.0233. The van der Waals surface area contributed by atoms with Crippen molar-refractivity contribution in [3.8, 4) is 17.6 Å². The number of hydrogen-bond acceptors (Lipinski definition) is 5. The molecule has 168 valence electrons. The van der Waals surface area contributed by atoms with Gasteiger partial charge in [-0.2, -0.15) is 5.26 Å². The SMILES string of the molecule is C=CCOc1ccc(/C=C2/C(=O)N(CCc3ccccc3)C(=O)C(C#N)=C2C)cc1OCC. The fraction of sp³-hybridized carbons (Fsp3) is 0.222. The third-order valence-electron chi connectivity index (χ3n) is 5.23. The van der Waals surface area contributed by atoms with Gasteiger partial charge in [0.05, 0.1) is 6.61 Å². The lowest BCUT2D eigenvalue weighted by Gasteiger charge is -2.27. The maximum atomic E-state index is 13.3. The predicted molar refractivity (Wildman–Crippen MR) is 126 cm³/mol. The second-order valence-corrected chi connectivity index (χ2v) is 7.41. The Hall–Kier alpha value is -4.11. The molecule has 0 spiro atoms. The summed E-state index contributed by atoms with van der Waals surface area (Å²) in [5.74, 6) is 0.128. The molecule has 0 aliphatic carbocycles. The van der Waals surface area contributed by atoms with E-state index < -0.39 is 11.8 Å². The van der Waals surface area contributed by atoms with Gasteiger partial charge in [0.1, 0.15) is 18.2 Å². The lowest BCUT2D eigenvalue weighted by molar-refractivity contribution is -0.140. The Kier molecular flexibility index (Phi) is 7.82. The van der Waals surface area contributed by atoms with Crippen LogP contribution in [0.2, 0.25) is 0 Å². The van der Waals surface area contributed by atoms with Gasteiger partial charge >= 0.3 is 0 Å². The molecular formula is C27H26N2O4. The first-order valence-electron chi connectivity index (χ1n) is 10.7. The molecule has 0 unspecified atom stereocenters. The van der Waals surface area contributed by atoms with Crippen LogP contribution in [0.5, 0.6) is 11.5 Å². The van der Waals surface area contributed by atoms with E-state index in [4.69, 9.17) is 9.47 Å². The molecule has 1 aliphatic rings. The number of carbonyl (C=O) groups is 2. The maximum absolute atomic E-state index is 13.3. The van der Waals surface area contributed by atoms with Crippen LogP contribution in [0.4, 0.5) is 0 Å². The topological polar surface area (TPSA) is 79.6 Å². The van der Waals surface area contributed by atoms with Crippen LogP contribution in [-0.2, 0) is 16.0 Å². The summed E-state index contributed by atoms with van der Waals surface area (Å²) < 4.78 is 11.3. The van der Waals surface area contributed by atoms with E-state index in [0.717, 1.165) is 10.5 Å². The van der Waals surface area contributed by atoms with Gasteiger partial charge in [-0.15, -0.1) is 0 Å². The highest BCUT2D eigenvalue weighted by molar-refractivity contribution is 6.19. The van der Waals surface area contributed by atoms with E-state index >= 15 is 0 Å². The number of amides is 2. The van der Waals surface area contributed by atoms with Gasteiger partial charge in [0.25, 0.3) is 11.8 Å². The van der Waals surface area contributed by atoms with Crippen LogP contribution >= 0.6 is 0 Å². The van der Waals surface area contributed by atoms with Crippen LogP contribution < -0.4 is 9.47 Å². The molecule has 2 aromatic rings. The normalized spacial score (nSPS) is 14.9. The van der Waals surface area contributed by atoms with Crippen molar-refractivity contribution in [2.24, 2.45) is 0 Å². The summed E-state index contributed by atoms with van der Waals surface area (Å²) in [5, 5.41) is 9.60. The van der Waals surface area contributed by atoms with E-state index in [1.54, 1.807) is 37.3 Å².